The fourth-order valence-electron chi connectivity index (χ4n) is 6.84. The van der Waals surface area contributed by atoms with Crippen LogP contribution in [0.5, 0.6) is 0 Å². The van der Waals surface area contributed by atoms with Crippen molar-refractivity contribution in [2.75, 3.05) is 30.5 Å². The summed E-state index contributed by atoms with van der Waals surface area (Å²) in [5.41, 5.74) is 10.5. The van der Waals surface area contributed by atoms with E-state index >= 15 is 0 Å². The molecule has 9 nitrogen and oxygen atoms in total. The van der Waals surface area contributed by atoms with E-state index in [1.807, 2.05) is 36.4 Å². The van der Waals surface area contributed by atoms with Crippen molar-refractivity contribution in [3.63, 3.8) is 0 Å². The zero-order valence-corrected chi connectivity index (χ0v) is 38.7. The van der Waals surface area contributed by atoms with Crippen LogP contribution in [-0.2, 0) is 0 Å². The minimum atomic E-state index is -3.25. The number of hydrogen-bond acceptors (Lipinski definition) is 9. The first-order chi connectivity index (χ1) is 28.8. The largest absolute Gasteiger partial charge is 0.319 e. The highest BCUT2D eigenvalue weighted by atomic mass is 31.3. The standard InChI is InChI=1S/C48H60N9P3/c1-35(2)39-19-27-45(28-20-39)51-59(52-46-29-21-40(22-30-46)36(3)4)55-58(49-43-15-11-9-12-16-43,50-44-17-13-10-14-18-44)56-60(57-59,53-47-31-23-41(24-32-47)37(5)6)54-48-33-25-42(26-34-48)38(7)8/h9-38,49-54H,1-8H3. The molecule has 0 amide bonds. The number of anilines is 6. The summed E-state index contributed by atoms with van der Waals surface area (Å²) in [7, 11) is -9.72. The molecule has 1 heterocycles. The van der Waals surface area contributed by atoms with Gasteiger partial charge in [0.15, 0.2) is 0 Å². The van der Waals surface area contributed by atoms with Crippen LogP contribution in [0, 0.1) is 0 Å². The average molecular weight is 856 g/mol. The Morgan fingerprint density at radius 3 is 0.633 bits per heavy atom. The van der Waals surface area contributed by atoms with Crippen molar-refractivity contribution in [2.24, 2.45) is 13.5 Å². The van der Waals surface area contributed by atoms with Crippen LogP contribution < -0.4 is 30.5 Å². The maximum Gasteiger partial charge on any atom is 0.268 e. The third-order valence-electron chi connectivity index (χ3n) is 10.3. The van der Waals surface area contributed by atoms with Crippen molar-refractivity contribution < 1.29 is 0 Å². The van der Waals surface area contributed by atoms with Gasteiger partial charge in [0, 0.05) is 34.1 Å². The van der Waals surface area contributed by atoms with Crippen molar-refractivity contribution >= 4 is 56.6 Å². The van der Waals surface area contributed by atoms with Gasteiger partial charge in [-0.2, -0.15) is 13.5 Å². The first-order valence-electron chi connectivity index (χ1n) is 20.9. The molecule has 0 aromatic heterocycles. The van der Waals surface area contributed by atoms with Gasteiger partial charge in [-0.25, -0.2) is 0 Å². The Bertz CT molecular complexity index is 2230. The second-order valence-corrected chi connectivity index (χ2v) is 23.7. The van der Waals surface area contributed by atoms with Gasteiger partial charge in [-0.1, -0.05) is 140 Å². The number of benzene rings is 6. The molecule has 6 aromatic carbocycles. The molecule has 0 radical (unpaired) electrons. The molecule has 1 aliphatic rings. The highest BCUT2D eigenvalue weighted by molar-refractivity contribution is 7.89. The molecule has 0 unspecified atom stereocenters. The van der Waals surface area contributed by atoms with Crippen molar-refractivity contribution in [3.8, 4) is 0 Å². The van der Waals surface area contributed by atoms with Gasteiger partial charge < -0.3 is 30.5 Å². The third-order valence-corrected chi connectivity index (χ3v) is 20.0. The van der Waals surface area contributed by atoms with Gasteiger partial charge in [0.2, 0.25) is 0 Å². The lowest BCUT2D eigenvalue weighted by atomic mass is 10.0. The predicted octanol–water partition coefficient (Wildman–Crippen LogP) is 17.0. The van der Waals surface area contributed by atoms with Crippen LogP contribution in [0.25, 0.3) is 0 Å². The molecule has 0 aliphatic carbocycles. The number of nitrogens with one attached hydrogen (secondary N) is 6. The maximum absolute atomic E-state index is 5.93. The van der Waals surface area contributed by atoms with Crippen LogP contribution in [-0.4, -0.2) is 0 Å². The Hall–Kier alpha value is -5.19. The first kappa shape index (κ1) is 42.9. The molecule has 6 aromatic rings. The average Bonchev–Trinajstić information content (AvgIpc) is 3.22. The summed E-state index contributed by atoms with van der Waals surface area (Å²) in [6, 6.07) is 55.1. The van der Waals surface area contributed by atoms with Crippen LogP contribution >= 0.6 is 22.5 Å². The van der Waals surface area contributed by atoms with E-state index in [-0.39, 0.29) is 0 Å². The van der Waals surface area contributed by atoms with Crippen molar-refractivity contribution in [1.82, 2.24) is 0 Å². The maximum atomic E-state index is 5.93. The lowest BCUT2D eigenvalue weighted by Gasteiger charge is -2.38. The van der Waals surface area contributed by atoms with Crippen LogP contribution in [0.15, 0.2) is 171 Å². The van der Waals surface area contributed by atoms with E-state index < -0.39 is 22.5 Å². The molecule has 0 saturated heterocycles. The number of hydrogen-bond donors (Lipinski definition) is 6. The Morgan fingerprint density at radius 2 is 0.450 bits per heavy atom. The van der Waals surface area contributed by atoms with E-state index in [0.717, 1.165) is 34.1 Å². The summed E-state index contributed by atoms with van der Waals surface area (Å²) in [6.45, 7) is 17.7. The molecule has 0 atom stereocenters. The minimum Gasteiger partial charge on any atom is -0.319 e. The van der Waals surface area contributed by atoms with Crippen LogP contribution in [0.2, 0.25) is 0 Å². The molecule has 0 bridgehead atoms. The Labute approximate surface area is 358 Å². The summed E-state index contributed by atoms with van der Waals surface area (Å²) in [5, 5.41) is 23.6. The highest BCUT2D eigenvalue weighted by Crippen LogP contribution is 2.76. The van der Waals surface area contributed by atoms with Crippen LogP contribution in [0.4, 0.5) is 34.1 Å². The Morgan fingerprint density at radius 1 is 0.267 bits per heavy atom. The molecule has 60 heavy (non-hydrogen) atoms. The summed E-state index contributed by atoms with van der Waals surface area (Å²) < 4.78 is 17.7. The Balaban J connectivity index is 1.55. The van der Waals surface area contributed by atoms with E-state index in [4.69, 9.17) is 13.5 Å². The molecule has 12 heteroatoms. The summed E-state index contributed by atoms with van der Waals surface area (Å²) in [6.07, 6.45) is 0. The highest BCUT2D eigenvalue weighted by Gasteiger charge is 2.39. The molecular formula is C48H60N9P3. The minimum absolute atomic E-state index is 0.392. The second-order valence-electron chi connectivity index (χ2n) is 16.6. The quantitative estimate of drug-likeness (QED) is 0.0541. The molecular weight excluding hydrogens is 796 g/mol. The van der Waals surface area contributed by atoms with Gasteiger partial charge in [-0.3, -0.25) is 0 Å². The first-order valence-corrected chi connectivity index (χ1v) is 26.0. The van der Waals surface area contributed by atoms with Crippen LogP contribution in [0.1, 0.15) is 101 Å². The normalized spacial score (nSPS) is 15.1. The van der Waals surface area contributed by atoms with E-state index in [1.54, 1.807) is 0 Å². The molecule has 7 rings (SSSR count). The van der Waals surface area contributed by atoms with Crippen LogP contribution in [0.3, 0.4) is 0 Å². The van der Waals surface area contributed by atoms with E-state index in [9.17, 15) is 0 Å². The molecule has 6 N–H and O–H groups in total. The van der Waals surface area contributed by atoms with Gasteiger partial charge in [0.25, 0.3) is 22.5 Å². The van der Waals surface area contributed by atoms with Gasteiger partial charge >= 0.3 is 0 Å². The van der Waals surface area contributed by atoms with E-state index in [0.29, 0.717) is 23.7 Å². The summed E-state index contributed by atoms with van der Waals surface area (Å²) >= 11 is 0. The monoisotopic (exact) mass is 855 g/mol. The molecule has 312 valence electrons. The predicted molar refractivity (Wildman–Crippen MR) is 265 cm³/mol. The third kappa shape index (κ3) is 10.8. The zero-order valence-electron chi connectivity index (χ0n) is 36.0. The molecule has 0 fully saturated rings. The number of para-hydroxylation sites is 2. The number of nitrogens with zero attached hydrogens (tertiary/aromatic N) is 3. The van der Waals surface area contributed by atoms with E-state index in [1.165, 1.54) is 22.3 Å². The fourth-order valence-corrected chi connectivity index (χ4v) is 18.1. The zero-order chi connectivity index (χ0) is 42.3. The summed E-state index contributed by atoms with van der Waals surface area (Å²) in [4.78, 5) is 0. The Kier molecular flexibility index (Phi) is 13.3. The van der Waals surface area contributed by atoms with Crippen molar-refractivity contribution in [1.29, 1.82) is 0 Å². The van der Waals surface area contributed by atoms with Crippen molar-refractivity contribution in [2.45, 2.75) is 79.1 Å². The van der Waals surface area contributed by atoms with Gasteiger partial charge in [-0.05, 0) is 119 Å². The second kappa shape index (κ2) is 18.6. The fraction of sp³-hybridized carbons (Fsp3) is 0.250. The topological polar surface area (TPSA) is 109 Å². The lowest BCUT2D eigenvalue weighted by Crippen LogP contribution is -2.16. The summed E-state index contributed by atoms with van der Waals surface area (Å²) in [5.74, 6) is 1.57. The lowest BCUT2D eigenvalue weighted by molar-refractivity contribution is 0.867. The molecule has 1 aliphatic heterocycles. The van der Waals surface area contributed by atoms with Gasteiger partial charge in [0.05, 0.1) is 0 Å². The smallest absolute Gasteiger partial charge is 0.268 e. The molecule has 0 saturated carbocycles. The number of rotatable bonds is 16. The SMILES string of the molecule is CC(C)c1ccc(NP2(Nc3ccc(C(C)C)cc3)=NP(Nc3ccccc3)(Nc3ccccc3)=NP(Nc3ccc(C(C)C)cc3)(Nc3ccc(C(C)C)cc3)=N2)cc1. The van der Waals surface area contributed by atoms with E-state index in [2.05, 4.69) is 207 Å². The van der Waals surface area contributed by atoms with Crippen molar-refractivity contribution in [3.05, 3.63) is 180 Å². The van der Waals surface area contributed by atoms with Gasteiger partial charge in [0.1, 0.15) is 0 Å². The molecule has 0 spiro atoms. The van der Waals surface area contributed by atoms with Gasteiger partial charge in [-0.15, -0.1) is 0 Å².